The first kappa shape index (κ1) is 31.4. The minimum Gasteiger partial charge on any atom is -0.462 e. The number of esters is 1. The van der Waals surface area contributed by atoms with Crippen LogP contribution in [0.5, 0.6) is 0 Å². The Morgan fingerprint density at radius 1 is 0.719 bits per heavy atom. The minimum absolute atomic E-state index is 0.0392. The highest BCUT2D eigenvalue weighted by Gasteiger charge is 2.15. The van der Waals surface area contributed by atoms with Crippen LogP contribution in [0.25, 0.3) is 0 Å². The zero-order chi connectivity index (χ0) is 23.9. The fourth-order valence-electron chi connectivity index (χ4n) is 4.28. The van der Waals surface area contributed by atoms with E-state index in [4.69, 9.17) is 4.74 Å². The third-order valence-electron chi connectivity index (χ3n) is 6.39. The van der Waals surface area contributed by atoms with Crippen LogP contribution in [-0.4, -0.2) is 48.3 Å². The number of aliphatic hydroxyl groups is 1. The number of hydrogen-bond acceptors (Lipinski definition) is 4. The molecule has 0 saturated carbocycles. The minimum atomic E-state index is -0.295. The number of hydrogen-bond donors (Lipinski definition) is 1. The van der Waals surface area contributed by atoms with E-state index in [1.54, 1.807) is 0 Å². The van der Waals surface area contributed by atoms with E-state index in [1.807, 2.05) is 0 Å². The van der Waals surface area contributed by atoms with Crippen LogP contribution < -0.4 is 0 Å². The molecule has 4 nitrogen and oxygen atoms in total. The molecule has 0 aliphatic carbocycles. The Balaban J connectivity index is 4.05. The molecule has 2 unspecified atom stereocenters. The van der Waals surface area contributed by atoms with Gasteiger partial charge >= 0.3 is 5.97 Å². The number of unbranched alkanes of at least 4 members (excludes halogenated alkanes) is 11. The van der Waals surface area contributed by atoms with E-state index < -0.39 is 0 Å². The maximum absolute atomic E-state index is 12.4. The smallest absolute Gasteiger partial charge is 0.306 e. The van der Waals surface area contributed by atoms with Gasteiger partial charge in [-0.25, -0.2) is 0 Å². The van der Waals surface area contributed by atoms with E-state index in [9.17, 15) is 9.90 Å². The van der Waals surface area contributed by atoms with Crippen molar-refractivity contribution in [2.24, 2.45) is 0 Å². The average Bonchev–Trinajstić information content (AvgIpc) is 2.76. The first-order valence-corrected chi connectivity index (χ1v) is 14.1. The first-order valence-electron chi connectivity index (χ1n) is 14.1. The van der Waals surface area contributed by atoms with Gasteiger partial charge in [-0.1, -0.05) is 91.4 Å². The molecule has 0 fully saturated rings. The largest absolute Gasteiger partial charge is 0.462 e. The average molecular weight is 456 g/mol. The molecule has 0 aliphatic heterocycles. The van der Waals surface area contributed by atoms with E-state index in [0.29, 0.717) is 6.42 Å². The predicted molar refractivity (Wildman–Crippen MR) is 138 cm³/mol. The molecule has 0 amide bonds. The van der Waals surface area contributed by atoms with Gasteiger partial charge in [0.15, 0.2) is 0 Å². The van der Waals surface area contributed by atoms with Crippen LogP contribution in [0.3, 0.4) is 0 Å². The lowest BCUT2D eigenvalue weighted by Gasteiger charge is -2.20. The summed E-state index contributed by atoms with van der Waals surface area (Å²) >= 11 is 0. The topological polar surface area (TPSA) is 49.8 Å². The van der Waals surface area contributed by atoms with E-state index in [-0.39, 0.29) is 18.2 Å². The molecule has 0 aromatic heterocycles. The summed E-state index contributed by atoms with van der Waals surface area (Å²) in [5.74, 6) is -0.0392. The first-order chi connectivity index (χ1) is 15.5. The molecule has 1 N–H and O–H groups in total. The van der Waals surface area contributed by atoms with Crippen molar-refractivity contribution in [2.75, 3.05) is 20.1 Å². The van der Waals surface area contributed by atoms with E-state index >= 15 is 0 Å². The number of nitrogens with zero attached hydrogens (tertiary/aromatic N) is 1. The summed E-state index contributed by atoms with van der Waals surface area (Å²) in [7, 11) is 2.08. The van der Waals surface area contributed by atoms with Gasteiger partial charge in [-0.05, 0) is 58.5 Å². The van der Waals surface area contributed by atoms with Gasteiger partial charge in [0.05, 0.1) is 6.10 Å². The van der Waals surface area contributed by atoms with Crippen molar-refractivity contribution in [1.82, 2.24) is 4.90 Å². The molecular weight excluding hydrogens is 398 g/mol. The van der Waals surface area contributed by atoms with Gasteiger partial charge in [-0.2, -0.15) is 0 Å². The fraction of sp³-hybridized carbons (Fsp3) is 0.964. The molecule has 0 saturated heterocycles. The molecule has 32 heavy (non-hydrogen) atoms. The van der Waals surface area contributed by atoms with E-state index in [2.05, 4.69) is 32.7 Å². The van der Waals surface area contributed by atoms with Crippen LogP contribution >= 0.6 is 0 Å². The monoisotopic (exact) mass is 455 g/mol. The number of rotatable bonds is 24. The van der Waals surface area contributed by atoms with Crippen LogP contribution in [0.4, 0.5) is 0 Å². The molecule has 0 aromatic carbocycles. The SMILES string of the molecule is CCCCCCCCC(CCCCCC)OC(=O)CCCCC(O)CN(C)CCCCC. The highest BCUT2D eigenvalue weighted by atomic mass is 16.5. The Morgan fingerprint density at radius 3 is 1.84 bits per heavy atom. The Labute approximate surface area is 200 Å². The summed E-state index contributed by atoms with van der Waals surface area (Å²) in [6.45, 7) is 8.47. The standard InChI is InChI=1S/C28H57NO3/c1-5-8-11-13-14-16-22-27(21-15-12-9-6-2)32-28(31)23-18-17-20-26(30)25-29(4)24-19-10-7-3/h26-27,30H,5-25H2,1-4H3. The van der Waals surface area contributed by atoms with Crippen LogP contribution in [-0.2, 0) is 9.53 Å². The lowest BCUT2D eigenvalue weighted by Crippen LogP contribution is -2.30. The third kappa shape index (κ3) is 21.2. The zero-order valence-electron chi connectivity index (χ0n) is 22.2. The summed E-state index contributed by atoms with van der Waals surface area (Å²) in [6, 6.07) is 0. The van der Waals surface area contributed by atoms with Crippen molar-refractivity contribution in [3.05, 3.63) is 0 Å². The highest BCUT2D eigenvalue weighted by molar-refractivity contribution is 5.69. The van der Waals surface area contributed by atoms with Crippen molar-refractivity contribution >= 4 is 5.97 Å². The van der Waals surface area contributed by atoms with Gasteiger partial charge in [0.2, 0.25) is 0 Å². The zero-order valence-corrected chi connectivity index (χ0v) is 22.2. The van der Waals surface area contributed by atoms with Crippen LogP contribution in [0.2, 0.25) is 0 Å². The summed E-state index contributed by atoms with van der Waals surface area (Å²) < 4.78 is 5.88. The molecule has 0 rings (SSSR count). The van der Waals surface area contributed by atoms with Gasteiger partial charge in [-0.15, -0.1) is 0 Å². The second-order valence-corrected chi connectivity index (χ2v) is 9.89. The van der Waals surface area contributed by atoms with Crippen molar-refractivity contribution < 1.29 is 14.6 Å². The van der Waals surface area contributed by atoms with Crippen LogP contribution in [0.1, 0.15) is 143 Å². The Kier molecular flexibility index (Phi) is 23.1. The molecule has 0 spiro atoms. The van der Waals surface area contributed by atoms with Crippen molar-refractivity contribution in [3.63, 3.8) is 0 Å². The van der Waals surface area contributed by atoms with Gasteiger partial charge in [-0.3, -0.25) is 4.79 Å². The second kappa shape index (κ2) is 23.5. The number of likely N-dealkylation sites (N-methyl/N-ethyl adjacent to an activating group) is 1. The normalized spacial score (nSPS) is 13.4. The third-order valence-corrected chi connectivity index (χ3v) is 6.39. The lowest BCUT2D eigenvalue weighted by atomic mass is 10.0. The maximum atomic E-state index is 12.4. The Morgan fingerprint density at radius 2 is 1.22 bits per heavy atom. The van der Waals surface area contributed by atoms with Crippen molar-refractivity contribution in [2.45, 2.75) is 155 Å². The summed E-state index contributed by atoms with van der Waals surface area (Å²) in [5.41, 5.74) is 0. The van der Waals surface area contributed by atoms with Crippen LogP contribution in [0.15, 0.2) is 0 Å². The Hall–Kier alpha value is -0.610. The van der Waals surface area contributed by atoms with Crippen molar-refractivity contribution in [3.8, 4) is 0 Å². The molecule has 0 bridgehead atoms. The second-order valence-electron chi connectivity index (χ2n) is 9.89. The maximum Gasteiger partial charge on any atom is 0.306 e. The highest BCUT2D eigenvalue weighted by Crippen LogP contribution is 2.17. The molecule has 4 heteroatoms. The summed E-state index contributed by atoms with van der Waals surface area (Å²) in [6.07, 6.45) is 21.1. The van der Waals surface area contributed by atoms with Gasteiger partial charge in [0.25, 0.3) is 0 Å². The predicted octanol–water partition coefficient (Wildman–Crippen LogP) is 7.66. The Bertz CT molecular complexity index is 402. The molecule has 0 aliphatic rings. The molecular formula is C28H57NO3. The summed E-state index contributed by atoms with van der Waals surface area (Å²) in [5, 5.41) is 10.2. The van der Waals surface area contributed by atoms with E-state index in [0.717, 1.165) is 45.2 Å². The molecule has 192 valence electrons. The number of carbonyl (C=O) groups excluding carboxylic acids is 1. The fourth-order valence-corrected chi connectivity index (χ4v) is 4.28. The number of aliphatic hydroxyl groups excluding tert-OH is 1. The van der Waals surface area contributed by atoms with Crippen molar-refractivity contribution in [1.29, 1.82) is 0 Å². The number of carbonyl (C=O) groups is 1. The summed E-state index contributed by atoms with van der Waals surface area (Å²) in [4.78, 5) is 14.6. The molecule has 0 heterocycles. The quantitative estimate of drug-likeness (QED) is 0.120. The van der Waals surface area contributed by atoms with E-state index in [1.165, 1.54) is 83.5 Å². The van der Waals surface area contributed by atoms with Gasteiger partial charge in [0, 0.05) is 13.0 Å². The molecule has 0 radical (unpaired) electrons. The number of ether oxygens (including phenoxy) is 1. The van der Waals surface area contributed by atoms with Gasteiger partial charge < -0.3 is 14.7 Å². The van der Waals surface area contributed by atoms with Gasteiger partial charge in [0.1, 0.15) is 6.10 Å². The van der Waals surface area contributed by atoms with Crippen LogP contribution in [0, 0.1) is 0 Å². The molecule has 2 atom stereocenters. The molecule has 0 aromatic rings. The lowest BCUT2D eigenvalue weighted by molar-refractivity contribution is -0.150.